The van der Waals surface area contributed by atoms with E-state index in [1.165, 1.54) is 12.0 Å². The first kappa shape index (κ1) is 16.4. The molecular formula is C17H26N2OS. The highest BCUT2D eigenvalue weighted by molar-refractivity contribution is 7.80. The lowest BCUT2D eigenvalue weighted by molar-refractivity contribution is -0.0121. The third-order valence-corrected chi connectivity index (χ3v) is 4.15. The van der Waals surface area contributed by atoms with Crippen LogP contribution in [0.3, 0.4) is 0 Å². The van der Waals surface area contributed by atoms with Gasteiger partial charge in [-0.05, 0) is 31.4 Å². The van der Waals surface area contributed by atoms with E-state index in [-0.39, 0.29) is 6.04 Å². The first-order chi connectivity index (χ1) is 10.2. The average Bonchev–Trinajstić information content (AvgIpc) is 2.51. The molecule has 1 aliphatic heterocycles. The van der Waals surface area contributed by atoms with E-state index >= 15 is 0 Å². The molecule has 0 spiro atoms. The number of benzene rings is 1. The first-order valence-corrected chi connectivity index (χ1v) is 8.30. The SMILES string of the molecule is CCCOC1CCCN(C(CC(N)=S)c2ccccc2)C1. The molecule has 1 aliphatic rings. The number of thiocarbonyl (C=S) groups is 1. The van der Waals surface area contributed by atoms with Crippen LogP contribution in [0.4, 0.5) is 0 Å². The van der Waals surface area contributed by atoms with Gasteiger partial charge in [-0.3, -0.25) is 4.90 Å². The van der Waals surface area contributed by atoms with Crippen molar-refractivity contribution in [1.82, 2.24) is 4.90 Å². The number of hydrogen-bond acceptors (Lipinski definition) is 3. The zero-order valence-electron chi connectivity index (χ0n) is 12.8. The van der Waals surface area contributed by atoms with Gasteiger partial charge in [-0.15, -0.1) is 0 Å². The van der Waals surface area contributed by atoms with E-state index in [0.29, 0.717) is 11.1 Å². The predicted octanol–water partition coefficient (Wildman–Crippen LogP) is 3.29. The highest BCUT2D eigenvalue weighted by Gasteiger charge is 2.27. The van der Waals surface area contributed by atoms with E-state index in [9.17, 15) is 0 Å². The number of ether oxygens (including phenoxy) is 1. The molecule has 0 radical (unpaired) electrons. The van der Waals surface area contributed by atoms with Crippen LogP contribution in [0.25, 0.3) is 0 Å². The highest BCUT2D eigenvalue weighted by atomic mass is 32.1. The molecule has 116 valence electrons. The Morgan fingerprint density at radius 2 is 2.19 bits per heavy atom. The molecule has 0 saturated carbocycles. The summed E-state index contributed by atoms with van der Waals surface area (Å²) in [5.41, 5.74) is 7.12. The Bertz CT molecular complexity index is 438. The van der Waals surface area contributed by atoms with Crippen molar-refractivity contribution in [2.75, 3.05) is 19.7 Å². The van der Waals surface area contributed by atoms with Gasteiger partial charge < -0.3 is 10.5 Å². The van der Waals surface area contributed by atoms with E-state index in [4.69, 9.17) is 22.7 Å². The Morgan fingerprint density at radius 3 is 2.86 bits per heavy atom. The second kappa shape index (κ2) is 8.47. The number of nitrogens with two attached hydrogens (primary N) is 1. The van der Waals surface area contributed by atoms with Crippen LogP contribution in [-0.4, -0.2) is 35.7 Å². The summed E-state index contributed by atoms with van der Waals surface area (Å²) in [6, 6.07) is 10.8. The number of likely N-dealkylation sites (tertiary alicyclic amines) is 1. The van der Waals surface area contributed by atoms with Gasteiger partial charge in [0.25, 0.3) is 0 Å². The van der Waals surface area contributed by atoms with Gasteiger partial charge in [-0.25, -0.2) is 0 Å². The fourth-order valence-electron chi connectivity index (χ4n) is 2.99. The predicted molar refractivity (Wildman–Crippen MR) is 91.4 cm³/mol. The molecule has 1 saturated heterocycles. The molecule has 2 rings (SSSR count). The molecule has 1 fully saturated rings. The fraction of sp³-hybridized carbons (Fsp3) is 0.588. The Kier molecular flexibility index (Phi) is 6.61. The van der Waals surface area contributed by atoms with Gasteiger partial charge in [-0.2, -0.15) is 0 Å². The molecule has 2 unspecified atom stereocenters. The maximum Gasteiger partial charge on any atom is 0.0746 e. The van der Waals surface area contributed by atoms with E-state index in [1.807, 2.05) is 6.07 Å². The molecule has 4 heteroatoms. The summed E-state index contributed by atoms with van der Waals surface area (Å²) in [6.45, 7) is 5.07. The van der Waals surface area contributed by atoms with E-state index in [2.05, 4.69) is 36.1 Å². The van der Waals surface area contributed by atoms with E-state index in [0.717, 1.165) is 39.0 Å². The van der Waals surface area contributed by atoms with E-state index < -0.39 is 0 Å². The smallest absolute Gasteiger partial charge is 0.0746 e. The van der Waals surface area contributed by atoms with E-state index in [1.54, 1.807) is 0 Å². The quantitative estimate of drug-likeness (QED) is 0.785. The molecule has 3 nitrogen and oxygen atoms in total. The monoisotopic (exact) mass is 306 g/mol. The fourth-order valence-corrected chi connectivity index (χ4v) is 3.15. The van der Waals surface area contributed by atoms with Crippen LogP contribution in [0, 0.1) is 0 Å². The molecule has 2 N–H and O–H groups in total. The number of rotatable bonds is 7. The van der Waals surface area contributed by atoms with Crippen LogP contribution in [-0.2, 0) is 4.74 Å². The van der Waals surface area contributed by atoms with Crippen molar-refractivity contribution >= 4 is 17.2 Å². The van der Waals surface area contributed by atoms with Gasteiger partial charge in [-0.1, -0.05) is 49.5 Å². The van der Waals surface area contributed by atoms with Gasteiger partial charge in [0, 0.05) is 25.6 Å². The molecule has 0 amide bonds. The first-order valence-electron chi connectivity index (χ1n) is 7.89. The number of piperidine rings is 1. The van der Waals surface area contributed by atoms with Crippen LogP contribution in [0.5, 0.6) is 0 Å². The zero-order chi connectivity index (χ0) is 15.1. The highest BCUT2D eigenvalue weighted by Crippen LogP contribution is 2.28. The van der Waals surface area contributed by atoms with Crippen LogP contribution in [0.2, 0.25) is 0 Å². The van der Waals surface area contributed by atoms with Crippen molar-refractivity contribution in [3.63, 3.8) is 0 Å². The number of nitrogens with zero attached hydrogens (tertiary/aromatic N) is 1. The lowest BCUT2D eigenvalue weighted by atomic mass is 9.98. The molecule has 1 aromatic carbocycles. The topological polar surface area (TPSA) is 38.5 Å². The zero-order valence-corrected chi connectivity index (χ0v) is 13.6. The Labute approximate surface area is 133 Å². The second-order valence-corrected chi connectivity index (χ2v) is 6.25. The molecule has 1 heterocycles. The minimum absolute atomic E-state index is 0.275. The van der Waals surface area contributed by atoms with Crippen LogP contribution < -0.4 is 5.73 Å². The summed E-state index contributed by atoms with van der Waals surface area (Å²) < 4.78 is 5.95. The van der Waals surface area contributed by atoms with Crippen LogP contribution >= 0.6 is 12.2 Å². The molecule has 0 aromatic heterocycles. The van der Waals surface area contributed by atoms with Gasteiger partial charge in [0.15, 0.2) is 0 Å². The van der Waals surface area contributed by atoms with Crippen LogP contribution in [0.1, 0.15) is 44.2 Å². The van der Waals surface area contributed by atoms with Crippen molar-refractivity contribution < 1.29 is 4.74 Å². The van der Waals surface area contributed by atoms with Gasteiger partial charge in [0.2, 0.25) is 0 Å². The third-order valence-electron chi connectivity index (χ3n) is 3.99. The Morgan fingerprint density at radius 1 is 1.43 bits per heavy atom. The summed E-state index contributed by atoms with van der Waals surface area (Å²) in [7, 11) is 0. The summed E-state index contributed by atoms with van der Waals surface area (Å²) in [5, 5.41) is 0. The molecule has 0 bridgehead atoms. The average molecular weight is 306 g/mol. The summed E-state index contributed by atoms with van der Waals surface area (Å²) in [4.78, 5) is 3.07. The summed E-state index contributed by atoms with van der Waals surface area (Å²) in [6.07, 6.45) is 4.49. The Hall–Kier alpha value is -0.970. The van der Waals surface area contributed by atoms with Crippen molar-refractivity contribution in [1.29, 1.82) is 0 Å². The third kappa shape index (κ3) is 5.06. The molecule has 0 aliphatic carbocycles. The van der Waals surface area contributed by atoms with Crippen molar-refractivity contribution in [2.45, 2.75) is 44.8 Å². The van der Waals surface area contributed by atoms with Crippen molar-refractivity contribution in [3.8, 4) is 0 Å². The van der Waals surface area contributed by atoms with Crippen LogP contribution in [0.15, 0.2) is 30.3 Å². The standard InChI is InChI=1S/C17H26N2OS/c1-2-11-20-15-9-6-10-19(13-15)16(12-17(18)21)14-7-4-3-5-8-14/h3-5,7-8,15-16H,2,6,9-13H2,1H3,(H2,18,21). The van der Waals surface area contributed by atoms with Crippen molar-refractivity contribution in [2.24, 2.45) is 5.73 Å². The molecule has 1 aromatic rings. The summed E-state index contributed by atoms with van der Waals surface area (Å²) >= 11 is 5.16. The Balaban J connectivity index is 2.07. The lowest BCUT2D eigenvalue weighted by Crippen LogP contribution is -2.42. The summed E-state index contributed by atoms with van der Waals surface area (Å²) in [5.74, 6) is 0. The molecule has 2 atom stereocenters. The normalized spacial score (nSPS) is 21.1. The maximum atomic E-state index is 5.95. The van der Waals surface area contributed by atoms with Gasteiger partial charge in [0.1, 0.15) is 0 Å². The van der Waals surface area contributed by atoms with Gasteiger partial charge in [0.05, 0.1) is 11.1 Å². The number of hydrogen-bond donors (Lipinski definition) is 1. The maximum absolute atomic E-state index is 5.95. The minimum atomic E-state index is 0.275. The molecule has 21 heavy (non-hydrogen) atoms. The molecular weight excluding hydrogens is 280 g/mol. The minimum Gasteiger partial charge on any atom is -0.393 e. The largest absolute Gasteiger partial charge is 0.393 e. The van der Waals surface area contributed by atoms with Gasteiger partial charge >= 0.3 is 0 Å². The lowest BCUT2D eigenvalue weighted by Gasteiger charge is -2.38. The second-order valence-electron chi connectivity index (χ2n) is 5.73. The van der Waals surface area contributed by atoms with Crippen molar-refractivity contribution in [3.05, 3.63) is 35.9 Å².